The highest BCUT2D eigenvalue weighted by Gasteiger charge is 2.21. The van der Waals surface area contributed by atoms with Crippen LogP contribution < -0.4 is 0 Å². The van der Waals surface area contributed by atoms with E-state index in [1.54, 1.807) is 0 Å². The molecule has 0 atom stereocenters. The molecule has 1 saturated carbocycles. The lowest BCUT2D eigenvalue weighted by Gasteiger charge is -2.28. The molecule has 0 heterocycles. The Labute approximate surface area is 101 Å². The van der Waals surface area contributed by atoms with Gasteiger partial charge in [0.1, 0.15) is 5.76 Å². The lowest BCUT2D eigenvalue weighted by atomic mass is 9.86. The number of hydrogen-bond acceptors (Lipinski definition) is 1. The van der Waals surface area contributed by atoms with Gasteiger partial charge in [-0.2, -0.15) is 0 Å². The molecule has 1 heteroatoms. The first-order chi connectivity index (χ1) is 7.80. The molecule has 1 aliphatic carbocycles. The fourth-order valence-corrected chi connectivity index (χ4v) is 2.29. The summed E-state index contributed by atoms with van der Waals surface area (Å²) in [6.45, 7) is 6.50. The molecular weight excluding hydrogens is 196 g/mol. The number of rotatable bonds is 5. The highest BCUT2D eigenvalue weighted by atomic mass is 16.5. The van der Waals surface area contributed by atoms with Gasteiger partial charge in [-0.25, -0.2) is 0 Å². The summed E-state index contributed by atoms with van der Waals surface area (Å²) < 4.78 is 6.01. The van der Waals surface area contributed by atoms with Crippen molar-refractivity contribution in [2.75, 3.05) is 0 Å². The Kier molecular flexibility index (Phi) is 6.29. The molecule has 0 radical (unpaired) electrons. The Balaban J connectivity index is 2.34. The topological polar surface area (TPSA) is 9.23 Å². The van der Waals surface area contributed by atoms with E-state index in [0.717, 1.165) is 18.1 Å². The maximum Gasteiger partial charge on any atom is 0.115 e. The first-order valence-electron chi connectivity index (χ1n) is 6.79. The van der Waals surface area contributed by atoms with Crippen molar-refractivity contribution >= 4 is 0 Å². The lowest BCUT2D eigenvalue weighted by Crippen LogP contribution is -2.20. The molecule has 0 aromatic rings. The van der Waals surface area contributed by atoms with Crippen molar-refractivity contribution in [1.29, 1.82) is 0 Å². The Morgan fingerprint density at radius 3 is 2.38 bits per heavy atom. The van der Waals surface area contributed by atoms with Crippen molar-refractivity contribution in [3.8, 4) is 0 Å². The fraction of sp³-hybridized carbons (Fsp3) is 0.733. The van der Waals surface area contributed by atoms with E-state index in [0.29, 0.717) is 6.10 Å². The summed E-state index contributed by atoms with van der Waals surface area (Å²) in [5.41, 5.74) is 0. The quantitative estimate of drug-likeness (QED) is 0.477. The van der Waals surface area contributed by atoms with Crippen LogP contribution in [0.25, 0.3) is 0 Å². The van der Waals surface area contributed by atoms with Crippen LogP contribution in [0.4, 0.5) is 0 Å². The van der Waals surface area contributed by atoms with Gasteiger partial charge in [0.15, 0.2) is 0 Å². The van der Waals surface area contributed by atoms with E-state index in [4.69, 9.17) is 4.74 Å². The summed E-state index contributed by atoms with van der Waals surface area (Å²) in [5.74, 6) is 1.99. The zero-order chi connectivity index (χ0) is 11.8. The first-order valence-corrected chi connectivity index (χ1v) is 6.79. The smallest absolute Gasteiger partial charge is 0.115 e. The first kappa shape index (κ1) is 13.3. The summed E-state index contributed by atoms with van der Waals surface area (Å²) in [5, 5.41) is 0. The van der Waals surface area contributed by atoms with Gasteiger partial charge in [-0.3, -0.25) is 0 Å². The second kappa shape index (κ2) is 7.54. The number of ether oxygens (including phenoxy) is 1. The molecule has 0 spiro atoms. The molecule has 1 rings (SSSR count). The van der Waals surface area contributed by atoms with Crippen LogP contribution in [0.15, 0.2) is 24.0 Å². The summed E-state index contributed by atoms with van der Waals surface area (Å²) in [6.07, 6.45) is 14.3. The molecule has 0 aromatic heterocycles. The molecule has 1 aliphatic rings. The van der Waals surface area contributed by atoms with Gasteiger partial charge in [0.05, 0.1) is 6.10 Å². The molecule has 92 valence electrons. The zero-order valence-electron chi connectivity index (χ0n) is 11.0. The molecule has 0 N–H and O–H groups in total. The Morgan fingerprint density at radius 1 is 1.19 bits per heavy atom. The minimum Gasteiger partial charge on any atom is -0.491 e. The second-order valence-corrected chi connectivity index (χ2v) is 4.67. The van der Waals surface area contributed by atoms with Gasteiger partial charge in [-0.15, -0.1) is 0 Å². The maximum atomic E-state index is 6.01. The van der Waals surface area contributed by atoms with E-state index in [2.05, 4.69) is 32.1 Å². The third-order valence-electron chi connectivity index (χ3n) is 3.48. The second-order valence-electron chi connectivity index (χ2n) is 4.67. The van der Waals surface area contributed by atoms with E-state index in [1.807, 2.05) is 6.92 Å². The van der Waals surface area contributed by atoms with Gasteiger partial charge in [-0.1, -0.05) is 26.3 Å². The molecule has 0 amide bonds. The zero-order valence-corrected chi connectivity index (χ0v) is 11.0. The van der Waals surface area contributed by atoms with Crippen molar-refractivity contribution in [1.82, 2.24) is 0 Å². The van der Waals surface area contributed by atoms with Crippen LogP contribution in [0.1, 0.15) is 59.3 Å². The third kappa shape index (κ3) is 4.42. The van der Waals surface area contributed by atoms with Crippen molar-refractivity contribution in [2.24, 2.45) is 5.92 Å². The van der Waals surface area contributed by atoms with Crippen LogP contribution >= 0.6 is 0 Å². The standard InChI is InChI=1S/C15H26O/c1-4-7-8-14(6-3)16-15-11-9-13(5-2)10-12-15/h6-8,13,15H,4-5,9-12H2,1-3H3. The van der Waals surface area contributed by atoms with Crippen molar-refractivity contribution in [3.63, 3.8) is 0 Å². The summed E-state index contributed by atoms with van der Waals surface area (Å²) >= 11 is 0. The minimum atomic E-state index is 0.454. The Hall–Kier alpha value is -0.720. The normalized spacial score (nSPS) is 27.3. The van der Waals surface area contributed by atoms with Crippen LogP contribution in [0.2, 0.25) is 0 Å². The Morgan fingerprint density at radius 2 is 1.88 bits per heavy atom. The van der Waals surface area contributed by atoms with Crippen LogP contribution in [0.5, 0.6) is 0 Å². The van der Waals surface area contributed by atoms with Gasteiger partial charge in [0, 0.05) is 0 Å². The van der Waals surface area contributed by atoms with Crippen molar-refractivity contribution < 1.29 is 4.74 Å². The molecule has 1 fully saturated rings. The molecule has 0 unspecified atom stereocenters. The highest BCUT2D eigenvalue weighted by molar-refractivity contribution is 5.11. The van der Waals surface area contributed by atoms with Gasteiger partial charge < -0.3 is 4.74 Å². The molecule has 0 aromatic carbocycles. The SMILES string of the molecule is CC=C(C=CCC)OC1CCC(CC)CC1. The lowest BCUT2D eigenvalue weighted by molar-refractivity contribution is 0.0732. The molecule has 0 aliphatic heterocycles. The average Bonchev–Trinajstić information content (AvgIpc) is 2.35. The van der Waals surface area contributed by atoms with Gasteiger partial charge in [0.25, 0.3) is 0 Å². The fourth-order valence-electron chi connectivity index (χ4n) is 2.29. The van der Waals surface area contributed by atoms with E-state index in [1.165, 1.54) is 32.1 Å². The van der Waals surface area contributed by atoms with Crippen LogP contribution in [0.3, 0.4) is 0 Å². The molecule has 0 saturated heterocycles. The summed E-state index contributed by atoms with van der Waals surface area (Å²) in [7, 11) is 0. The van der Waals surface area contributed by atoms with E-state index >= 15 is 0 Å². The van der Waals surface area contributed by atoms with Crippen molar-refractivity contribution in [3.05, 3.63) is 24.0 Å². The van der Waals surface area contributed by atoms with Crippen LogP contribution in [-0.2, 0) is 4.74 Å². The van der Waals surface area contributed by atoms with Gasteiger partial charge >= 0.3 is 0 Å². The molecular formula is C15H26O. The highest BCUT2D eigenvalue weighted by Crippen LogP contribution is 2.29. The minimum absolute atomic E-state index is 0.454. The van der Waals surface area contributed by atoms with E-state index in [-0.39, 0.29) is 0 Å². The third-order valence-corrected chi connectivity index (χ3v) is 3.48. The predicted octanol–water partition coefficient (Wildman–Crippen LogP) is 4.84. The molecule has 16 heavy (non-hydrogen) atoms. The number of allylic oxidation sites excluding steroid dienone is 3. The van der Waals surface area contributed by atoms with Crippen LogP contribution in [-0.4, -0.2) is 6.10 Å². The van der Waals surface area contributed by atoms with E-state index in [9.17, 15) is 0 Å². The predicted molar refractivity (Wildman–Crippen MR) is 70.3 cm³/mol. The largest absolute Gasteiger partial charge is 0.491 e. The Bertz CT molecular complexity index is 232. The van der Waals surface area contributed by atoms with Gasteiger partial charge in [0.2, 0.25) is 0 Å². The summed E-state index contributed by atoms with van der Waals surface area (Å²) in [6, 6.07) is 0. The summed E-state index contributed by atoms with van der Waals surface area (Å²) in [4.78, 5) is 0. The van der Waals surface area contributed by atoms with Crippen molar-refractivity contribution in [2.45, 2.75) is 65.4 Å². The monoisotopic (exact) mass is 222 g/mol. The van der Waals surface area contributed by atoms with Crippen LogP contribution in [0, 0.1) is 5.92 Å². The maximum absolute atomic E-state index is 6.01. The van der Waals surface area contributed by atoms with Gasteiger partial charge in [-0.05, 0) is 57.1 Å². The number of hydrogen-bond donors (Lipinski definition) is 0. The molecule has 0 bridgehead atoms. The van der Waals surface area contributed by atoms with E-state index < -0.39 is 0 Å². The molecule has 1 nitrogen and oxygen atoms in total. The average molecular weight is 222 g/mol.